The van der Waals surface area contributed by atoms with Gasteiger partial charge in [0.1, 0.15) is 0 Å². The number of hydrogen-bond acceptors (Lipinski definition) is 5. The highest BCUT2D eigenvalue weighted by atomic mass is 16.2. The first-order valence-corrected chi connectivity index (χ1v) is 7.80. The molecule has 3 atom stereocenters. The summed E-state index contributed by atoms with van der Waals surface area (Å²) in [7, 11) is 0. The first-order chi connectivity index (χ1) is 10.2. The summed E-state index contributed by atoms with van der Waals surface area (Å²) in [5.41, 5.74) is 0. The fourth-order valence-corrected chi connectivity index (χ4v) is 3.26. The van der Waals surface area contributed by atoms with Crippen molar-refractivity contribution in [1.29, 1.82) is 0 Å². The van der Waals surface area contributed by atoms with Crippen molar-refractivity contribution in [3.8, 4) is 0 Å². The smallest absolute Gasteiger partial charge is 0.225 e. The second-order valence-corrected chi connectivity index (χ2v) is 5.98. The molecule has 2 fully saturated rings. The normalized spacial score (nSPS) is 29.4. The van der Waals surface area contributed by atoms with Crippen LogP contribution in [0.5, 0.6) is 0 Å². The summed E-state index contributed by atoms with van der Waals surface area (Å²) in [6, 6.07) is 2.30. The lowest BCUT2D eigenvalue weighted by atomic mass is 9.99. The maximum Gasteiger partial charge on any atom is 0.225 e. The molecule has 1 amide bonds. The van der Waals surface area contributed by atoms with Crippen molar-refractivity contribution < 1.29 is 4.79 Å². The SMILES string of the molecule is CC1NCCC1C(=O)NC1CCCN(c2ncccn2)C1. The van der Waals surface area contributed by atoms with Gasteiger partial charge in [0, 0.05) is 37.6 Å². The van der Waals surface area contributed by atoms with Crippen LogP contribution < -0.4 is 15.5 Å². The molecule has 2 aliphatic rings. The summed E-state index contributed by atoms with van der Waals surface area (Å²) in [4.78, 5) is 23.1. The first kappa shape index (κ1) is 14.3. The van der Waals surface area contributed by atoms with E-state index < -0.39 is 0 Å². The number of aromatic nitrogens is 2. The van der Waals surface area contributed by atoms with Gasteiger partial charge in [0.05, 0.1) is 5.92 Å². The third-order valence-corrected chi connectivity index (χ3v) is 4.46. The van der Waals surface area contributed by atoms with Gasteiger partial charge in [-0.3, -0.25) is 4.79 Å². The lowest BCUT2D eigenvalue weighted by Gasteiger charge is -2.33. The van der Waals surface area contributed by atoms with E-state index in [0.717, 1.165) is 44.8 Å². The van der Waals surface area contributed by atoms with Crippen LogP contribution in [0, 0.1) is 5.92 Å². The highest BCUT2D eigenvalue weighted by Crippen LogP contribution is 2.18. The minimum absolute atomic E-state index is 0.105. The first-order valence-electron chi connectivity index (χ1n) is 7.80. The van der Waals surface area contributed by atoms with Gasteiger partial charge >= 0.3 is 0 Å². The fourth-order valence-electron chi connectivity index (χ4n) is 3.26. The molecule has 114 valence electrons. The summed E-state index contributed by atoms with van der Waals surface area (Å²) in [5, 5.41) is 6.55. The number of nitrogens with zero attached hydrogens (tertiary/aromatic N) is 3. The molecule has 0 radical (unpaired) electrons. The zero-order chi connectivity index (χ0) is 14.7. The molecular formula is C15H23N5O. The van der Waals surface area contributed by atoms with Gasteiger partial charge in [0.25, 0.3) is 0 Å². The predicted octanol–water partition coefficient (Wildman–Crippen LogP) is 0.560. The Morgan fingerprint density at radius 3 is 2.90 bits per heavy atom. The number of piperidine rings is 1. The molecule has 2 aliphatic heterocycles. The van der Waals surface area contributed by atoms with E-state index in [2.05, 4.69) is 32.4 Å². The number of anilines is 1. The van der Waals surface area contributed by atoms with E-state index in [1.165, 1.54) is 0 Å². The van der Waals surface area contributed by atoms with Gasteiger partial charge in [-0.15, -0.1) is 0 Å². The Hall–Kier alpha value is -1.69. The minimum atomic E-state index is 0.105. The van der Waals surface area contributed by atoms with E-state index in [9.17, 15) is 4.79 Å². The largest absolute Gasteiger partial charge is 0.351 e. The topological polar surface area (TPSA) is 70.2 Å². The molecule has 0 aromatic carbocycles. The molecule has 0 spiro atoms. The van der Waals surface area contributed by atoms with Crippen LogP contribution in [0.4, 0.5) is 5.95 Å². The highest BCUT2D eigenvalue weighted by molar-refractivity contribution is 5.80. The van der Waals surface area contributed by atoms with Crippen molar-refractivity contribution in [1.82, 2.24) is 20.6 Å². The van der Waals surface area contributed by atoms with E-state index in [1.54, 1.807) is 12.4 Å². The highest BCUT2D eigenvalue weighted by Gasteiger charge is 2.31. The summed E-state index contributed by atoms with van der Waals surface area (Å²) in [5.74, 6) is 1.05. The molecular weight excluding hydrogens is 266 g/mol. The molecule has 1 aromatic rings. The second-order valence-electron chi connectivity index (χ2n) is 5.98. The molecule has 1 aromatic heterocycles. The van der Waals surface area contributed by atoms with Gasteiger partial charge in [-0.1, -0.05) is 0 Å². The van der Waals surface area contributed by atoms with Crippen molar-refractivity contribution in [3.63, 3.8) is 0 Å². The van der Waals surface area contributed by atoms with E-state index in [1.807, 2.05) is 6.07 Å². The van der Waals surface area contributed by atoms with Crippen LogP contribution in [0.2, 0.25) is 0 Å². The summed E-state index contributed by atoms with van der Waals surface area (Å²) in [6.45, 7) is 4.78. The third-order valence-electron chi connectivity index (χ3n) is 4.46. The van der Waals surface area contributed by atoms with E-state index in [0.29, 0.717) is 0 Å². The molecule has 0 bridgehead atoms. The van der Waals surface area contributed by atoms with Gasteiger partial charge in [-0.05, 0) is 38.8 Å². The number of carbonyl (C=O) groups excluding carboxylic acids is 1. The summed E-state index contributed by atoms with van der Waals surface area (Å²) >= 11 is 0. The van der Waals surface area contributed by atoms with Crippen molar-refractivity contribution in [2.75, 3.05) is 24.5 Å². The van der Waals surface area contributed by atoms with Gasteiger partial charge in [-0.2, -0.15) is 0 Å². The minimum Gasteiger partial charge on any atom is -0.351 e. The van der Waals surface area contributed by atoms with Crippen LogP contribution in [-0.4, -0.2) is 47.6 Å². The van der Waals surface area contributed by atoms with Gasteiger partial charge in [0.2, 0.25) is 11.9 Å². The van der Waals surface area contributed by atoms with Crippen molar-refractivity contribution >= 4 is 11.9 Å². The molecule has 0 saturated carbocycles. The van der Waals surface area contributed by atoms with E-state index >= 15 is 0 Å². The van der Waals surface area contributed by atoms with Crippen LogP contribution in [-0.2, 0) is 4.79 Å². The molecule has 2 N–H and O–H groups in total. The molecule has 3 heterocycles. The fraction of sp³-hybridized carbons (Fsp3) is 0.667. The molecule has 2 saturated heterocycles. The van der Waals surface area contributed by atoms with Gasteiger partial charge in [-0.25, -0.2) is 9.97 Å². The van der Waals surface area contributed by atoms with Crippen LogP contribution in [0.25, 0.3) is 0 Å². The lowest BCUT2D eigenvalue weighted by molar-refractivity contribution is -0.125. The Balaban J connectivity index is 1.57. The molecule has 3 unspecified atom stereocenters. The van der Waals surface area contributed by atoms with E-state index in [-0.39, 0.29) is 23.9 Å². The average Bonchev–Trinajstić information content (AvgIpc) is 2.95. The molecule has 0 aliphatic carbocycles. The second kappa shape index (κ2) is 6.39. The zero-order valence-electron chi connectivity index (χ0n) is 12.5. The number of rotatable bonds is 3. The van der Waals surface area contributed by atoms with Crippen molar-refractivity contribution in [3.05, 3.63) is 18.5 Å². The standard InChI is InChI=1S/C15H23N5O/c1-11-13(5-8-16-11)14(21)19-12-4-2-9-20(10-12)15-17-6-3-7-18-15/h3,6-7,11-13,16H,2,4-5,8-10H2,1H3,(H,19,21). The lowest BCUT2D eigenvalue weighted by Crippen LogP contribution is -2.50. The number of nitrogens with one attached hydrogen (secondary N) is 2. The molecule has 6 nitrogen and oxygen atoms in total. The number of carbonyl (C=O) groups is 1. The molecule has 6 heteroatoms. The Labute approximate surface area is 125 Å². The number of amides is 1. The maximum absolute atomic E-state index is 12.4. The monoisotopic (exact) mass is 289 g/mol. The van der Waals surface area contributed by atoms with Gasteiger partial charge < -0.3 is 15.5 Å². The van der Waals surface area contributed by atoms with Crippen LogP contribution in [0.1, 0.15) is 26.2 Å². The van der Waals surface area contributed by atoms with Crippen LogP contribution >= 0.6 is 0 Å². The summed E-state index contributed by atoms with van der Waals surface area (Å²) in [6.07, 6.45) is 6.54. The van der Waals surface area contributed by atoms with E-state index in [4.69, 9.17) is 0 Å². The predicted molar refractivity (Wildman–Crippen MR) is 81.0 cm³/mol. The third kappa shape index (κ3) is 3.32. The summed E-state index contributed by atoms with van der Waals surface area (Å²) < 4.78 is 0. The van der Waals surface area contributed by atoms with Crippen molar-refractivity contribution in [2.24, 2.45) is 5.92 Å². The Bertz CT molecular complexity index is 480. The Morgan fingerprint density at radius 1 is 1.38 bits per heavy atom. The van der Waals surface area contributed by atoms with Crippen molar-refractivity contribution in [2.45, 2.75) is 38.3 Å². The quantitative estimate of drug-likeness (QED) is 0.851. The average molecular weight is 289 g/mol. The maximum atomic E-state index is 12.4. The Morgan fingerprint density at radius 2 is 2.19 bits per heavy atom. The molecule has 3 rings (SSSR count). The zero-order valence-corrected chi connectivity index (χ0v) is 12.5. The number of hydrogen-bond donors (Lipinski definition) is 2. The van der Waals surface area contributed by atoms with Crippen LogP contribution in [0.3, 0.4) is 0 Å². The van der Waals surface area contributed by atoms with Crippen LogP contribution in [0.15, 0.2) is 18.5 Å². The molecule has 21 heavy (non-hydrogen) atoms. The van der Waals surface area contributed by atoms with Gasteiger partial charge in [0.15, 0.2) is 0 Å². The Kier molecular flexibility index (Phi) is 4.34.